The van der Waals surface area contributed by atoms with Gasteiger partial charge in [-0.3, -0.25) is 4.79 Å². The monoisotopic (exact) mass is 278 g/mol. The van der Waals surface area contributed by atoms with Gasteiger partial charge in [0, 0.05) is 0 Å². The van der Waals surface area contributed by atoms with Crippen LogP contribution in [0, 0.1) is 0 Å². The Kier molecular flexibility index (Phi) is 4.71. The second-order valence-corrected chi connectivity index (χ2v) is 6.96. The van der Waals surface area contributed by atoms with Crippen molar-refractivity contribution in [3.63, 3.8) is 0 Å². The van der Waals surface area contributed by atoms with E-state index in [4.69, 9.17) is 4.74 Å². The highest BCUT2D eigenvalue weighted by atomic mass is 31.1. The molecule has 0 saturated heterocycles. The summed E-state index contributed by atoms with van der Waals surface area (Å²) < 4.78 is 6.10. The smallest absolute Gasteiger partial charge is 0.212 e. The molecule has 0 amide bonds. The van der Waals surface area contributed by atoms with Crippen molar-refractivity contribution < 1.29 is 9.53 Å². The first-order valence-electron chi connectivity index (χ1n) is 6.46. The average Bonchev–Trinajstić information content (AvgIpc) is 2.26. The molecule has 2 nitrogen and oxygen atoms in total. The summed E-state index contributed by atoms with van der Waals surface area (Å²) in [5.41, 5.74) is 0.833. The second-order valence-electron chi connectivity index (χ2n) is 5.66. The minimum Gasteiger partial charge on any atom is -0.356 e. The van der Waals surface area contributed by atoms with Gasteiger partial charge < -0.3 is 4.74 Å². The third-order valence-electron chi connectivity index (χ3n) is 3.16. The van der Waals surface area contributed by atoms with E-state index in [1.165, 1.54) is 0 Å². The van der Waals surface area contributed by atoms with E-state index in [0.717, 1.165) is 16.4 Å². The summed E-state index contributed by atoms with van der Waals surface area (Å²) in [4.78, 5) is 12.3. The molecule has 0 bridgehead atoms. The highest BCUT2D eigenvalue weighted by Crippen LogP contribution is 2.36. The Hall–Kier alpha value is -0.980. The lowest BCUT2D eigenvalue weighted by atomic mass is 9.89. The molecule has 0 fully saturated rings. The summed E-state index contributed by atoms with van der Waals surface area (Å²) in [5, 5.41) is 1.03. The molecule has 19 heavy (non-hydrogen) atoms. The molecule has 0 spiro atoms. The molecule has 0 aromatic rings. The summed E-state index contributed by atoms with van der Waals surface area (Å²) in [7, 11) is 0.684. The summed E-state index contributed by atoms with van der Waals surface area (Å²) in [6.45, 7) is 15.5. The first kappa shape index (κ1) is 16.1. The maximum atomic E-state index is 12.3. The van der Waals surface area contributed by atoms with Crippen molar-refractivity contribution in [1.82, 2.24) is 0 Å². The van der Waals surface area contributed by atoms with E-state index in [2.05, 4.69) is 6.58 Å². The zero-order valence-electron chi connectivity index (χ0n) is 12.7. The molecule has 0 aliphatic carbocycles. The van der Waals surface area contributed by atoms with E-state index in [1.54, 1.807) is 0 Å². The largest absolute Gasteiger partial charge is 0.356 e. The van der Waals surface area contributed by atoms with Crippen LogP contribution in [-0.4, -0.2) is 22.0 Å². The van der Waals surface area contributed by atoms with Crippen LogP contribution in [0.15, 0.2) is 36.0 Å². The van der Waals surface area contributed by atoms with Crippen LogP contribution >= 0.6 is 8.20 Å². The normalized spacial score (nSPS) is 23.9. The van der Waals surface area contributed by atoms with Crippen molar-refractivity contribution in [2.45, 2.75) is 52.7 Å². The molecule has 0 N–H and O–H groups in total. The van der Waals surface area contributed by atoms with E-state index in [0.29, 0.717) is 8.20 Å². The van der Waals surface area contributed by atoms with E-state index in [-0.39, 0.29) is 5.52 Å². The summed E-state index contributed by atoms with van der Waals surface area (Å²) in [5.74, 6) is 0. The van der Waals surface area contributed by atoms with Gasteiger partial charge in [0.05, 0.1) is 5.60 Å². The summed E-state index contributed by atoms with van der Waals surface area (Å²) in [6, 6.07) is 0. The molecule has 104 valence electrons. The topological polar surface area (TPSA) is 26.3 Å². The van der Waals surface area contributed by atoms with Crippen molar-refractivity contribution in [3.05, 3.63) is 36.0 Å². The van der Waals surface area contributed by atoms with Crippen molar-refractivity contribution in [3.8, 4) is 0 Å². The molecule has 1 aliphatic heterocycles. The molecule has 0 aromatic carbocycles. The predicted molar refractivity (Wildman–Crippen MR) is 83.9 cm³/mol. The Morgan fingerprint density at radius 1 is 1.21 bits per heavy atom. The highest BCUT2D eigenvalue weighted by Gasteiger charge is 2.38. The van der Waals surface area contributed by atoms with Gasteiger partial charge in [-0.25, -0.2) is 0 Å². The van der Waals surface area contributed by atoms with Crippen LogP contribution in [0.4, 0.5) is 0 Å². The van der Waals surface area contributed by atoms with Crippen LogP contribution in [0.2, 0.25) is 0 Å². The Morgan fingerprint density at radius 3 is 2.26 bits per heavy atom. The number of allylic oxidation sites excluding steroid dienone is 3. The number of rotatable bonds is 2. The SMILES string of the molecule is C=CC1=C(/C=C\C)C(C)(C)OC(C)(C)C(=O)P=C1C. The summed E-state index contributed by atoms with van der Waals surface area (Å²) in [6.07, 6.45) is 5.85. The second kappa shape index (κ2) is 5.56. The van der Waals surface area contributed by atoms with Crippen molar-refractivity contribution in [2.75, 3.05) is 0 Å². The molecule has 1 heterocycles. The zero-order chi connectivity index (χ0) is 14.8. The maximum Gasteiger partial charge on any atom is 0.212 e. The minimum atomic E-state index is -0.786. The first-order valence-corrected chi connectivity index (χ1v) is 7.35. The quantitative estimate of drug-likeness (QED) is 0.704. The lowest BCUT2D eigenvalue weighted by Crippen LogP contribution is -2.43. The molecule has 0 atom stereocenters. The summed E-state index contributed by atoms with van der Waals surface area (Å²) >= 11 is 0. The maximum absolute atomic E-state index is 12.3. The van der Waals surface area contributed by atoms with Gasteiger partial charge in [0.2, 0.25) is 5.52 Å². The molecule has 0 saturated carbocycles. The van der Waals surface area contributed by atoms with Crippen LogP contribution in [0.5, 0.6) is 0 Å². The average molecular weight is 278 g/mol. The Morgan fingerprint density at radius 2 is 1.79 bits per heavy atom. The van der Waals surface area contributed by atoms with Crippen molar-refractivity contribution in [1.29, 1.82) is 0 Å². The number of hydrogen-bond donors (Lipinski definition) is 0. The van der Waals surface area contributed by atoms with Crippen molar-refractivity contribution in [2.24, 2.45) is 0 Å². The Labute approximate surface area is 118 Å². The van der Waals surface area contributed by atoms with E-state index in [9.17, 15) is 4.79 Å². The van der Waals surface area contributed by atoms with E-state index in [1.807, 2.05) is 59.8 Å². The molecular formula is C16H23O2P. The van der Waals surface area contributed by atoms with Crippen LogP contribution in [-0.2, 0) is 9.53 Å². The molecule has 0 aromatic heterocycles. The lowest BCUT2D eigenvalue weighted by molar-refractivity contribution is -0.145. The molecule has 1 aliphatic rings. The van der Waals surface area contributed by atoms with E-state index >= 15 is 0 Å². The molecule has 0 unspecified atom stereocenters. The minimum absolute atomic E-state index is 0.0805. The number of carbonyl (C=O) groups is 1. The molecular weight excluding hydrogens is 255 g/mol. The Bertz CT molecular complexity index is 491. The first-order chi connectivity index (χ1) is 8.65. The van der Waals surface area contributed by atoms with Crippen LogP contribution in [0.25, 0.3) is 0 Å². The number of carbonyl (C=O) groups excluding carboxylic acids is 1. The fourth-order valence-electron chi connectivity index (χ4n) is 2.32. The van der Waals surface area contributed by atoms with Gasteiger partial charge in [0.1, 0.15) is 5.60 Å². The van der Waals surface area contributed by atoms with Gasteiger partial charge in [0.15, 0.2) is 0 Å². The van der Waals surface area contributed by atoms with Gasteiger partial charge in [0.25, 0.3) is 0 Å². The number of hydrogen-bond acceptors (Lipinski definition) is 2. The highest BCUT2D eigenvalue weighted by molar-refractivity contribution is 7.59. The van der Waals surface area contributed by atoms with Crippen molar-refractivity contribution >= 4 is 19.0 Å². The number of ether oxygens (including phenoxy) is 1. The van der Waals surface area contributed by atoms with Gasteiger partial charge in [-0.2, -0.15) is 0 Å². The third-order valence-corrected chi connectivity index (χ3v) is 4.48. The van der Waals surface area contributed by atoms with Crippen LogP contribution in [0.1, 0.15) is 41.5 Å². The molecule has 1 rings (SSSR count). The Balaban J connectivity index is 3.61. The lowest BCUT2D eigenvalue weighted by Gasteiger charge is -2.38. The molecule has 0 radical (unpaired) electrons. The third kappa shape index (κ3) is 3.32. The van der Waals surface area contributed by atoms with Crippen LogP contribution in [0.3, 0.4) is 0 Å². The van der Waals surface area contributed by atoms with Gasteiger partial charge in [-0.15, -0.1) is 0 Å². The van der Waals surface area contributed by atoms with Gasteiger partial charge in [-0.05, 0) is 66.2 Å². The van der Waals surface area contributed by atoms with Gasteiger partial charge >= 0.3 is 0 Å². The zero-order valence-corrected chi connectivity index (χ0v) is 13.6. The van der Waals surface area contributed by atoms with Crippen LogP contribution < -0.4 is 0 Å². The fraction of sp³-hybridized carbons (Fsp3) is 0.500. The standard InChI is InChI=1S/C16H23O2P/c1-8-10-13-12(9-2)11(3)19-14(17)16(6,7)18-15(13,4)5/h8-10H,2H2,1,3-7H3/b10-8-,13-12?. The fourth-order valence-corrected chi connectivity index (χ4v) is 3.27. The van der Waals surface area contributed by atoms with Gasteiger partial charge in [-0.1, -0.05) is 24.8 Å². The molecule has 3 heteroatoms. The van der Waals surface area contributed by atoms with E-state index < -0.39 is 11.2 Å². The predicted octanol–water partition coefficient (Wildman–Crippen LogP) is 4.30.